The fraction of sp³-hybridized carbons (Fsp3) is 0.105. The summed E-state index contributed by atoms with van der Waals surface area (Å²) in [5.74, 6) is -1.70. The largest absolute Gasteiger partial charge is 0.465 e. The third kappa shape index (κ3) is 5.19. The molecule has 2 rings (SSSR count). The number of halogens is 1. The van der Waals surface area contributed by atoms with Crippen LogP contribution in [0.4, 0.5) is 5.69 Å². The predicted molar refractivity (Wildman–Crippen MR) is 98.2 cm³/mol. The lowest BCUT2D eigenvalue weighted by Gasteiger charge is -2.08. The highest BCUT2D eigenvalue weighted by molar-refractivity contribution is 6.30. The van der Waals surface area contributed by atoms with Crippen molar-refractivity contribution in [2.24, 2.45) is 0 Å². The molecule has 0 aliphatic carbocycles. The van der Waals surface area contributed by atoms with Gasteiger partial charge >= 0.3 is 11.9 Å². The van der Waals surface area contributed by atoms with Gasteiger partial charge in [-0.2, -0.15) is 0 Å². The van der Waals surface area contributed by atoms with Gasteiger partial charge in [-0.05, 0) is 42.0 Å². The first kappa shape index (κ1) is 19.2. The summed E-state index contributed by atoms with van der Waals surface area (Å²) in [5, 5.41) is 3.19. The van der Waals surface area contributed by atoms with Gasteiger partial charge in [0.2, 0.25) is 5.91 Å². The molecule has 0 aliphatic rings. The third-order valence-corrected chi connectivity index (χ3v) is 3.59. The van der Waals surface area contributed by atoms with E-state index in [1.165, 1.54) is 38.5 Å². The molecule has 0 aromatic heterocycles. The summed E-state index contributed by atoms with van der Waals surface area (Å²) in [6, 6.07) is 11.1. The maximum absolute atomic E-state index is 12.1. The second-order valence-corrected chi connectivity index (χ2v) is 5.59. The molecule has 0 heterocycles. The van der Waals surface area contributed by atoms with E-state index in [9.17, 15) is 14.4 Å². The lowest BCUT2D eigenvalue weighted by atomic mass is 10.1. The van der Waals surface area contributed by atoms with Gasteiger partial charge < -0.3 is 14.8 Å². The van der Waals surface area contributed by atoms with Gasteiger partial charge in [-0.15, -0.1) is 0 Å². The Labute approximate surface area is 155 Å². The molecule has 134 valence electrons. The van der Waals surface area contributed by atoms with Crippen LogP contribution in [0.3, 0.4) is 0 Å². The van der Waals surface area contributed by atoms with Crippen LogP contribution in [-0.2, 0) is 14.3 Å². The smallest absolute Gasteiger partial charge is 0.337 e. The van der Waals surface area contributed by atoms with Gasteiger partial charge in [0.25, 0.3) is 0 Å². The van der Waals surface area contributed by atoms with E-state index in [-0.39, 0.29) is 16.8 Å². The minimum Gasteiger partial charge on any atom is -0.465 e. The van der Waals surface area contributed by atoms with E-state index >= 15 is 0 Å². The van der Waals surface area contributed by atoms with Crippen LogP contribution in [0, 0.1) is 0 Å². The zero-order chi connectivity index (χ0) is 19.1. The van der Waals surface area contributed by atoms with Crippen LogP contribution >= 0.6 is 11.6 Å². The highest BCUT2D eigenvalue weighted by Gasteiger charge is 2.14. The van der Waals surface area contributed by atoms with Crippen LogP contribution in [-0.4, -0.2) is 32.1 Å². The zero-order valence-electron chi connectivity index (χ0n) is 14.1. The Morgan fingerprint density at radius 2 is 1.46 bits per heavy atom. The third-order valence-electron chi connectivity index (χ3n) is 3.34. The number of ether oxygens (including phenoxy) is 2. The summed E-state index contributed by atoms with van der Waals surface area (Å²) in [6.07, 6.45) is 2.93. The fourth-order valence-electron chi connectivity index (χ4n) is 2.10. The Hall–Kier alpha value is -3.12. The van der Waals surface area contributed by atoms with Crippen LogP contribution in [0.5, 0.6) is 0 Å². The number of anilines is 1. The molecule has 2 aromatic rings. The minimum atomic E-state index is -0.636. The molecule has 1 N–H and O–H groups in total. The van der Waals surface area contributed by atoms with E-state index in [1.54, 1.807) is 30.3 Å². The van der Waals surface area contributed by atoms with Crippen molar-refractivity contribution in [1.82, 2.24) is 0 Å². The van der Waals surface area contributed by atoms with Crippen LogP contribution in [0.25, 0.3) is 6.08 Å². The van der Waals surface area contributed by atoms with Gasteiger partial charge in [0.05, 0.1) is 25.3 Å². The van der Waals surface area contributed by atoms with Gasteiger partial charge in [0.1, 0.15) is 0 Å². The quantitative estimate of drug-likeness (QED) is 0.640. The summed E-state index contributed by atoms with van der Waals surface area (Å²) >= 11 is 5.81. The number of methoxy groups -OCH3 is 2. The van der Waals surface area contributed by atoms with E-state index in [0.29, 0.717) is 5.02 Å². The van der Waals surface area contributed by atoms with Crippen molar-refractivity contribution in [3.8, 4) is 0 Å². The fourth-order valence-corrected chi connectivity index (χ4v) is 2.23. The molecule has 2 aromatic carbocycles. The average Bonchev–Trinajstić information content (AvgIpc) is 2.65. The number of amides is 1. The second-order valence-electron chi connectivity index (χ2n) is 5.16. The highest BCUT2D eigenvalue weighted by atomic mass is 35.5. The number of benzene rings is 2. The van der Waals surface area contributed by atoms with Gasteiger partial charge in [0.15, 0.2) is 0 Å². The van der Waals surface area contributed by atoms with Crippen molar-refractivity contribution in [2.75, 3.05) is 19.5 Å². The first-order valence-electron chi connectivity index (χ1n) is 7.49. The molecule has 26 heavy (non-hydrogen) atoms. The number of hydrogen-bond donors (Lipinski definition) is 1. The van der Waals surface area contributed by atoms with E-state index in [1.807, 2.05) is 0 Å². The monoisotopic (exact) mass is 373 g/mol. The van der Waals surface area contributed by atoms with Crippen LogP contribution in [0.1, 0.15) is 26.3 Å². The molecule has 0 bridgehead atoms. The molecule has 1 amide bonds. The molecule has 0 fully saturated rings. The van der Waals surface area contributed by atoms with Crippen molar-refractivity contribution in [2.45, 2.75) is 0 Å². The number of esters is 2. The second kappa shape index (κ2) is 8.82. The summed E-state index contributed by atoms with van der Waals surface area (Å²) in [5.41, 5.74) is 1.29. The Morgan fingerprint density at radius 1 is 0.923 bits per heavy atom. The molecule has 0 spiro atoms. The van der Waals surface area contributed by atoms with Crippen molar-refractivity contribution in [3.05, 3.63) is 70.3 Å². The standard InChI is InChI=1S/C19H16ClNO5/c1-25-18(23)13-9-14(19(24)26-2)11-16(10-13)21-17(22)8-5-12-3-6-15(20)7-4-12/h3-11H,1-2H3,(H,21,22)/b8-5+. The van der Waals surface area contributed by atoms with E-state index in [2.05, 4.69) is 14.8 Å². The normalized spacial score (nSPS) is 10.4. The topological polar surface area (TPSA) is 81.7 Å². The SMILES string of the molecule is COC(=O)c1cc(NC(=O)/C=C/c2ccc(Cl)cc2)cc(C(=O)OC)c1. The van der Waals surface area contributed by atoms with E-state index in [0.717, 1.165) is 5.56 Å². The predicted octanol–water partition coefficient (Wildman–Crippen LogP) is 3.57. The number of hydrogen-bond acceptors (Lipinski definition) is 5. The van der Waals surface area contributed by atoms with Crippen molar-refractivity contribution < 1.29 is 23.9 Å². The Kier molecular flexibility index (Phi) is 6.52. The van der Waals surface area contributed by atoms with Gasteiger partial charge in [0, 0.05) is 16.8 Å². The van der Waals surface area contributed by atoms with Gasteiger partial charge in [-0.1, -0.05) is 23.7 Å². The lowest BCUT2D eigenvalue weighted by Crippen LogP contribution is -2.12. The number of carbonyl (C=O) groups is 3. The van der Waals surface area contributed by atoms with Crippen LogP contribution in [0.2, 0.25) is 5.02 Å². The molecule has 0 unspecified atom stereocenters. The Bertz CT molecular complexity index is 824. The highest BCUT2D eigenvalue weighted by Crippen LogP contribution is 2.17. The number of nitrogens with one attached hydrogen (secondary N) is 1. The molecule has 0 saturated carbocycles. The van der Waals surface area contributed by atoms with Gasteiger partial charge in [-0.25, -0.2) is 9.59 Å². The van der Waals surface area contributed by atoms with Crippen LogP contribution in [0.15, 0.2) is 48.5 Å². The molecular weight excluding hydrogens is 358 g/mol. The summed E-state index contributed by atoms with van der Waals surface area (Å²) in [6.45, 7) is 0. The molecule has 0 aliphatic heterocycles. The van der Waals surface area contributed by atoms with E-state index in [4.69, 9.17) is 11.6 Å². The molecule has 0 atom stereocenters. The Morgan fingerprint density at radius 3 is 1.96 bits per heavy atom. The van der Waals surface area contributed by atoms with Gasteiger partial charge in [-0.3, -0.25) is 4.79 Å². The van der Waals surface area contributed by atoms with E-state index < -0.39 is 17.8 Å². The maximum atomic E-state index is 12.1. The summed E-state index contributed by atoms with van der Waals surface area (Å²) in [7, 11) is 2.44. The zero-order valence-corrected chi connectivity index (χ0v) is 14.9. The molecule has 6 nitrogen and oxygen atoms in total. The first-order chi connectivity index (χ1) is 12.4. The number of rotatable bonds is 5. The number of carbonyl (C=O) groups excluding carboxylic acids is 3. The maximum Gasteiger partial charge on any atom is 0.337 e. The van der Waals surface area contributed by atoms with Crippen molar-refractivity contribution in [1.29, 1.82) is 0 Å². The molecule has 0 radical (unpaired) electrons. The lowest BCUT2D eigenvalue weighted by molar-refractivity contribution is -0.111. The molecule has 7 heteroatoms. The Balaban J connectivity index is 2.21. The van der Waals surface area contributed by atoms with Crippen molar-refractivity contribution >= 4 is 41.2 Å². The average molecular weight is 374 g/mol. The first-order valence-corrected chi connectivity index (χ1v) is 7.87. The minimum absolute atomic E-state index is 0.118. The summed E-state index contributed by atoms with van der Waals surface area (Å²) < 4.78 is 9.30. The molecule has 0 saturated heterocycles. The van der Waals surface area contributed by atoms with Crippen LogP contribution < -0.4 is 5.32 Å². The van der Waals surface area contributed by atoms with Crippen molar-refractivity contribution in [3.63, 3.8) is 0 Å². The molecular formula is C19H16ClNO5. The summed E-state index contributed by atoms with van der Waals surface area (Å²) in [4.78, 5) is 35.6.